The van der Waals surface area contributed by atoms with E-state index in [1.807, 2.05) is 6.07 Å². The van der Waals surface area contributed by atoms with Crippen LogP contribution in [0, 0.1) is 5.82 Å². The molecule has 0 aliphatic carbocycles. The Kier molecular flexibility index (Phi) is 5.06. The van der Waals surface area contributed by atoms with E-state index in [9.17, 15) is 14.0 Å². The Labute approximate surface area is 144 Å². The summed E-state index contributed by atoms with van der Waals surface area (Å²) in [6.45, 7) is 0. The van der Waals surface area contributed by atoms with Crippen molar-refractivity contribution in [2.24, 2.45) is 5.73 Å². The first-order valence-corrected chi connectivity index (χ1v) is 7.96. The SMILES string of the molecule is NC(=O)C(NC(=O)C1CC(c2ccc(F)cc2)NN1)c1ccccc1. The van der Waals surface area contributed by atoms with E-state index < -0.39 is 18.0 Å². The van der Waals surface area contributed by atoms with Crippen LogP contribution >= 0.6 is 0 Å². The maximum Gasteiger partial charge on any atom is 0.244 e. The van der Waals surface area contributed by atoms with E-state index in [4.69, 9.17) is 5.73 Å². The van der Waals surface area contributed by atoms with Crippen LogP contribution in [0.4, 0.5) is 4.39 Å². The van der Waals surface area contributed by atoms with Crippen molar-refractivity contribution >= 4 is 11.8 Å². The molecule has 25 heavy (non-hydrogen) atoms. The van der Waals surface area contributed by atoms with Crippen molar-refractivity contribution in [3.05, 3.63) is 71.5 Å². The van der Waals surface area contributed by atoms with Gasteiger partial charge in [0.1, 0.15) is 17.9 Å². The highest BCUT2D eigenvalue weighted by molar-refractivity contribution is 5.90. The van der Waals surface area contributed by atoms with E-state index in [0.29, 0.717) is 12.0 Å². The molecule has 2 aromatic rings. The number of nitrogens with two attached hydrogens (primary N) is 1. The third-order valence-electron chi connectivity index (χ3n) is 4.20. The first kappa shape index (κ1) is 17.1. The number of hydrogen-bond donors (Lipinski definition) is 4. The number of nitrogens with one attached hydrogen (secondary N) is 3. The zero-order valence-electron chi connectivity index (χ0n) is 13.4. The maximum absolute atomic E-state index is 13.0. The smallest absolute Gasteiger partial charge is 0.244 e. The van der Waals surface area contributed by atoms with Gasteiger partial charge in [0.05, 0.1) is 0 Å². The van der Waals surface area contributed by atoms with Gasteiger partial charge in [0.2, 0.25) is 11.8 Å². The highest BCUT2D eigenvalue weighted by Gasteiger charge is 2.32. The summed E-state index contributed by atoms with van der Waals surface area (Å²) in [6.07, 6.45) is 0.470. The molecule has 3 unspecified atom stereocenters. The molecule has 5 N–H and O–H groups in total. The molecule has 1 saturated heterocycles. The van der Waals surface area contributed by atoms with Crippen LogP contribution in [0.2, 0.25) is 0 Å². The van der Waals surface area contributed by atoms with Gasteiger partial charge < -0.3 is 11.1 Å². The monoisotopic (exact) mass is 342 g/mol. The minimum Gasteiger partial charge on any atom is -0.368 e. The lowest BCUT2D eigenvalue weighted by Crippen LogP contribution is -2.47. The molecule has 1 aliphatic heterocycles. The zero-order chi connectivity index (χ0) is 17.8. The van der Waals surface area contributed by atoms with E-state index in [1.165, 1.54) is 12.1 Å². The number of rotatable bonds is 5. The molecule has 3 rings (SSSR count). The van der Waals surface area contributed by atoms with Gasteiger partial charge in [-0.05, 0) is 29.7 Å². The normalized spacial score (nSPS) is 20.8. The highest BCUT2D eigenvalue weighted by Crippen LogP contribution is 2.23. The molecule has 0 saturated carbocycles. The molecule has 2 aromatic carbocycles. The molecule has 0 bridgehead atoms. The van der Waals surface area contributed by atoms with Gasteiger partial charge in [0.25, 0.3) is 0 Å². The van der Waals surface area contributed by atoms with E-state index >= 15 is 0 Å². The molecule has 1 heterocycles. The predicted octanol–water partition coefficient (Wildman–Crippen LogP) is 1.08. The molecule has 1 fully saturated rings. The van der Waals surface area contributed by atoms with Crippen molar-refractivity contribution < 1.29 is 14.0 Å². The van der Waals surface area contributed by atoms with Gasteiger partial charge in [0.15, 0.2) is 0 Å². The second-order valence-electron chi connectivity index (χ2n) is 5.94. The summed E-state index contributed by atoms with van der Waals surface area (Å²) in [7, 11) is 0. The minimum absolute atomic E-state index is 0.125. The fourth-order valence-corrected chi connectivity index (χ4v) is 2.85. The summed E-state index contributed by atoms with van der Waals surface area (Å²) >= 11 is 0. The molecule has 3 atom stereocenters. The van der Waals surface area contributed by atoms with Gasteiger partial charge in [-0.15, -0.1) is 0 Å². The number of primary amides is 1. The molecule has 2 amide bonds. The van der Waals surface area contributed by atoms with Crippen LogP contribution in [0.15, 0.2) is 54.6 Å². The third-order valence-corrected chi connectivity index (χ3v) is 4.20. The fourth-order valence-electron chi connectivity index (χ4n) is 2.85. The summed E-state index contributed by atoms with van der Waals surface area (Å²) < 4.78 is 13.0. The standard InChI is InChI=1S/C18H19FN4O2/c19-13-8-6-11(7-9-13)14-10-15(23-22-14)18(25)21-16(17(20)24)12-4-2-1-3-5-12/h1-9,14-16,22-23H,10H2,(H2,20,24)(H,21,25). The van der Waals surface area contributed by atoms with Gasteiger partial charge in [0, 0.05) is 6.04 Å². The van der Waals surface area contributed by atoms with Crippen molar-refractivity contribution in [3.63, 3.8) is 0 Å². The number of amides is 2. The molecule has 7 heteroatoms. The van der Waals surface area contributed by atoms with E-state index in [-0.39, 0.29) is 17.8 Å². The summed E-state index contributed by atoms with van der Waals surface area (Å²) in [5.41, 5.74) is 12.8. The molecule has 0 spiro atoms. The average Bonchev–Trinajstić information content (AvgIpc) is 3.11. The molecular formula is C18H19FN4O2. The molecule has 0 radical (unpaired) electrons. The number of hydrazine groups is 1. The Hall–Kier alpha value is -2.77. The maximum atomic E-state index is 13.0. The molecule has 1 aliphatic rings. The lowest BCUT2D eigenvalue weighted by atomic mass is 10.0. The van der Waals surface area contributed by atoms with Crippen molar-refractivity contribution in [1.82, 2.24) is 16.2 Å². The van der Waals surface area contributed by atoms with Crippen LogP contribution in [-0.4, -0.2) is 17.9 Å². The van der Waals surface area contributed by atoms with Crippen molar-refractivity contribution in [1.29, 1.82) is 0 Å². The van der Waals surface area contributed by atoms with Gasteiger partial charge in [-0.1, -0.05) is 42.5 Å². The van der Waals surface area contributed by atoms with E-state index in [0.717, 1.165) is 5.56 Å². The summed E-state index contributed by atoms with van der Waals surface area (Å²) in [4.78, 5) is 24.2. The summed E-state index contributed by atoms with van der Waals surface area (Å²) in [6, 6.07) is 13.4. The van der Waals surface area contributed by atoms with Crippen LogP contribution in [-0.2, 0) is 9.59 Å². The Morgan fingerprint density at radius 2 is 1.76 bits per heavy atom. The fraction of sp³-hybridized carbons (Fsp3) is 0.222. The Balaban J connectivity index is 1.65. The van der Waals surface area contributed by atoms with Crippen molar-refractivity contribution in [3.8, 4) is 0 Å². The van der Waals surface area contributed by atoms with Crippen LogP contribution in [0.5, 0.6) is 0 Å². The largest absolute Gasteiger partial charge is 0.368 e. The number of carbonyl (C=O) groups is 2. The van der Waals surface area contributed by atoms with Crippen molar-refractivity contribution in [2.75, 3.05) is 0 Å². The van der Waals surface area contributed by atoms with Gasteiger partial charge in [-0.25, -0.2) is 15.2 Å². The second-order valence-corrected chi connectivity index (χ2v) is 5.94. The Morgan fingerprint density at radius 3 is 2.40 bits per heavy atom. The van der Waals surface area contributed by atoms with E-state index in [2.05, 4.69) is 16.2 Å². The van der Waals surface area contributed by atoms with Crippen LogP contribution < -0.4 is 21.9 Å². The molecule has 130 valence electrons. The van der Waals surface area contributed by atoms with Gasteiger partial charge >= 0.3 is 0 Å². The second kappa shape index (κ2) is 7.42. The lowest BCUT2D eigenvalue weighted by Gasteiger charge is -2.18. The van der Waals surface area contributed by atoms with Crippen molar-refractivity contribution in [2.45, 2.75) is 24.5 Å². The average molecular weight is 342 g/mol. The van der Waals surface area contributed by atoms with Crippen LogP contribution in [0.25, 0.3) is 0 Å². The topological polar surface area (TPSA) is 96.2 Å². The number of benzene rings is 2. The first-order valence-electron chi connectivity index (χ1n) is 7.96. The quantitative estimate of drug-likeness (QED) is 0.654. The summed E-state index contributed by atoms with van der Waals surface area (Å²) in [5, 5.41) is 2.68. The zero-order valence-corrected chi connectivity index (χ0v) is 13.4. The predicted molar refractivity (Wildman–Crippen MR) is 90.3 cm³/mol. The Bertz CT molecular complexity index is 751. The molecule has 6 nitrogen and oxygen atoms in total. The molecule has 0 aromatic heterocycles. The minimum atomic E-state index is -0.889. The van der Waals surface area contributed by atoms with Crippen LogP contribution in [0.3, 0.4) is 0 Å². The van der Waals surface area contributed by atoms with Crippen LogP contribution in [0.1, 0.15) is 29.6 Å². The van der Waals surface area contributed by atoms with E-state index in [1.54, 1.807) is 36.4 Å². The van der Waals surface area contributed by atoms with Gasteiger partial charge in [-0.2, -0.15) is 0 Å². The number of hydrogen-bond acceptors (Lipinski definition) is 4. The number of carbonyl (C=O) groups excluding carboxylic acids is 2. The highest BCUT2D eigenvalue weighted by atomic mass is 19.1. The summed E-state index contributed by atoms with van der Waals surface area (Å²) in [5.74, 6) is -1.26. The Morgan fingerprint density at radius 1 is 1.08 bits per heavy atom. The van der Waals surface area contributed by atoms with Gasteiger partial charge in [-0.3, -0.25) is 9.59 Å². The first-order chi connectivity index (χ1) is 12.0. The molecular weight excluding hydrogens is 323 g/mol. The lowest BCUT2D eigenvalue weighted by molar-refractivity contribution is -0.128. The number of halogens is 1. The third kappa shape index (κ3) is 4.01.